The Hall–Kier alpha value is -0.760. The summed E-state index contributed by atoms with van der Waals surface area (Å²) in [6.07, 6.45) is 5.75. The molecule has 0 saturated heterocycles. The molecule has 2 rings (SSSR count). The molecule has 0 amide bonds. The molecule has 1 heterocycles. The Labute approximate surface area is 98.4 Å². The Kier molecular flexibility index (Phi) is 3.70. The van der Waals surface area contributed by atoms with Gasteiger partial charge in [0.2, 0.25) is 0 Å². The van der Waals surface area contributed by atoms with Crippen molar-refractivity contribution in [1.29, 1.82) is 0 Å². The highest BCUT2D eigenvalue weighted by atomic mass is 16.3. The molecule has 1 aromatic heterocycles. The van der Waals surface area contributed by atoms with Crippen LogP contribution in [0.3, 0.4) is 0 Å². The molecule has 1 N–H and O–H groups in total. The minimum atomic E-state index is 0.332. The maximum absolute atomic E-state index is 5.43. The van der Waals surface area contributed by atoms with Gasteiger partial charge in [-0.05, 0) is 43.7 Å². The van der Waals surface area contributed by atoms with E-state index in [1.807, 2.05) is 6.07 Å². The van der Waals surface area contributed by atoms with Gasteiger partial charge in [-0.3, -0.25) is 0 Å². The molecule has 0 spiro atoms. The average Bonchev–Trinajstić information content (AvgIpc) is 2.89. The summed E-state index contributed by atoms with van der Waals surface area (Å²) in [6.45, 7) is 6.87. The number of furan rings is 1. The van der Waals surface area contributed by atoms with Gasteiger partial charge in [0.1, 0.15) is 5.76 Å². The van der Waals surface area contributed by atoms with Crippen LogP contribution in [-0.4, -0.2) is 6.04 Å². The van der Waals surface area contributed by atoms with E-state index in [9.17, 15) is 0 Å². The summed E-state index contributed by atoms with van der Waals surface area (Å²) in [5, 5.41) is 3.70. The van der Waals surface area contributed by atoms with E-state index in [0.29, 0.717) is 12.1 Å². The molecule has 2 heteroatoms. The third-order valence-corrected chi connectivity index (χ3v) is 4.19. The predicted molar refractivity (Wildman–Crippen MR) is 66.2 cm³/mol. The van der Waals surface area contributed by atoms with Crippen LogP contribution in [0.2, 0.25) is 0 Å². The van der Waals surface area contributed by atoms with E-state index < -0.39 is 0 Å². The van der Waals surface area contributed by atoms with Crippen molar-refractivity contribution < 1.29 is 4.42 Å². The molecular formula is C14H23NO. The van der Waals surface area contributed by atoms with E-state index in [2.05, 4.69) is 32.2 Å². The topological polar surface area (TPSA) is 25.2 Å². The Morgan fingerprint density at radius 2 is 2.31 bits per heavy atom. The van der Waals surface area contributed by atoms with Gasteiger partial charge < -0.3 is 9.73 Å². The molecule has 1 saturated carbocycles. The molecular weight excluding hydrogens is 198 g/mol. The Bertz CT molecular complexity index is 307. The van der Waals surface area contributed by atoms with Crippen molar-refractivity contribution in [2.24, 2.45) is 11.8 Å². The van der Waals surface area contributed by atoms with E-state index in [1.54, 1.807) is 6.26 Å². The lowest BCUT2D eigenvalue weighted by Crippen LogP contribution is -2.34. The van der Waals surface area contributed by atoms with Crippen molar-refractivity contribution >= 4 is 0 Å². The van der Waals surface area contributed by atoms with Crippen LogP contribution in [0, 0.1) is 11.8 Å². The SMILES string of the molecule is CCC1CCC(NC(C)c2ccco2)C1C. The molecule has 0 aliphatic heterocycles. The first-order valence-electron chi connectivity index (χ1n) is 6.51. The fraction of sp³-hybridized carbons (Fsp3) is 0.714. The van der Waals surface area contributed by atoms with Crippen LogP contribution in [0.5, 0.6) is 0 Å². The van der Waals surface area contributed by atoms with Gasteiger partial charge in [0.05, 0.1) is 12.3 Å². The van der Waals surface area contributed by atoms with Gasteiger partial charge in [0.25, 0.3) is 0 Å². The fourth-order valence-electron chi connectivity index (χ4n) is 3.00. The first-order chi connectivity index (χ1) is 7.72. The van der Waals surface area contributed by atoms with Crippen molar-refractivity contribution in [2.75, 3.05) is 0 Å². The number of nitrogens with one attached hydrogen (secondary N) is 1. The van der Waals surface area contributed by atoms with E-state index in [0.717, 1.165) is 17.6 Å². The molecule has 0 aromatic carbocycles. The maximum atomic E-state index is 5.43. The van der Waals surface area contributed by atoms with Crippen LogP contribution in [0.4, 0.5) is 0 Å². The highest BCUT2D eigenvalue weighted by Crippen LogP contribution is 2.35. The average molecular weight is 221 g/mol. The quantitative estimate of drug-likeness (QED) is 0.837. The molecule has 1 aliphatic rings. The highest BCUT2D eigenvalue weighted by molar-refractivity contribution is 5.04. The van der Waals surface area contributed by atoms with Crippen LogP contribution in [0.25, 0.3) is 0 Å². The monoisotopic (exact) mass is 221 g/mol. The summed E-state index contributed by atoms with van der Waals surface area (Å²) in [7, 11) is 0. The summed E-state index contributed by atoms with van der Waals surface area (Å²) < 4.78 is 5.43. The molecule has 4 unspecified atom stereocenters. The largest absolute Gasteiger partial charge is 0.468 e. The van der Waals surface area contributed by atoms with E-state index in [4.69, 9.17) is 4.42 Å². The zero-order valence-corrected chi connectivity index (χ0v) is 10.6. The van der Waals surface area contributed by atoms with Crippen LogP contribution < -0.4 is 5.32 Å². The van der Waals surface area contributed by atoms with E-state index >= 15 is 0 Å². The Morgan fingerprint density at radius 1 is 1.50 bits per heavy atom. The normalized spacial score (nSPS) is 31.8. The molecule has 0 bridgehead atoms. The molecule has 16 heavy (non-hydrogen) atoms. The van der Waals surface area contributed by atoms with Crippen LogP contribution in [0.1, 0.15) is 51.8 Å². The Balaban J connectivity index is 1.91. The number of hydrogen-bond acceptors (Lipinski definition) is 2. The smallest absolute Gasteiger partial charge is 0.120 e. The minimum absolute atomic E-state index is 0.332. The molecule has 2 nitrogen and oxygen atoms in total. The lowest BCUT2D eigenvalue weighted by atomic mass is 9.93. The molecule has 1 fully saturated rings. The second-order valence-electron chi connectivity index (χ2n) is 5.12. The molecule has 1 aliphatic carbocycles. The van der Waals surface area contributed by atoms with E-state index in [1.165, 1.54) is 19.3 Å². The van der Waals surface area contributed by atoms with Crippen molar-refractivity contribution in [1.82, 2.24) is 5.32 Å². The summed E-state index contributed by atoms with van der Waals surface area (Å²) in [5.74, 6) is 2.75. The van der Waals surface area contributed by atoms with E-state index in [-0.39, 0.29) is 0 Å². The van der Waals surface area contributed by atoms with Gasteiger partial charge in [-0.25, -0.2) is 0 Å². The standard InChI is InChI=1S/C14H23NO/c1-4-12-7-8-13(10(12)2)15-11(3)14-6-5-9-16-14/h5-6,9-13,15H,4,7-8H2,1-3H3. The first kappa shape index (κ1) is 11.7. The summed E-state index contributed by atoms with van der Waals surface area (Å²) in [6, 6.07) is 5.00. The molecule has 1 aromatic rings. The molecule has 90 valence electrons. The predicted octanol–water partition coefficient (Wildman–Crippen LogP) is 3.75. The summed E-state index contributed by atoms with van der Waals surface area (Å²) in [5.41, 5.74) is 0. The van der Waals surface area contributed by atoms with Gasteiger partial charge in [-0.15, -0.1) is 0 Å². The number of rotatable bonds is 4. The van der Waals surface area contributed by atoms with Gasteiger partial charge in [-0.1, -0.05) is 20.3 Å². The zero-order chi connectivity index (χ0) is 11.5. The van der Waals surface area contributed by atoms with Crippen molar-refractivity contribution in [2.45, 2.75) is 52.1 Å². The third-order valence-electron chi connectivity index (χ3n) is 4.19. The molecule has 0 radical (unpaired) electrons. The van der Waals surface area contributed by atoms with Crippen molar-refractivity contribution in [3.63, 3.8) is 0 Å². The molecule has 4 atom stereocenters. The first-order valence-corrected chi connectivity index (χ1v) is 6.51. The second-order valence-corrected chi connectivity index (χ2v) is 5.12. The van der Waals surface area contributed by atoms with Crippen LogP contribution >= 0.6 is 0 Å². The van der Waals surface area contributed by atoms with Crippen molar-refractivity contribution in [3.05, 3.63) is 24.2 Å². The number of hydrogen-bond donors (Lipinski definition) is 1. The Morgan fingerprint density at radius 3 is 2.88 bits per heavy atom. The lowest BCUT2D eigenvalue weighted by Gasteiger charge is -2.24. The van der Waals surface area contributed by atoms with Gasteiger partial charge in [-0.2, -0.15) is 0 Å². The van der Waals surface area contributed by atoms with Gasteiger partial charge in [0, 0.05) is 6.04 Å². The van der Waals surface area contributed by atoms with Crippen molar-refractivity contribution in [3.8, 4) is 0 Å². The highest BCUT2D eigenvalue weighted by Gasteiger charge is 2.32. The van der Waals surface area contributed by atoms with Crippen LogP contribution in [0.15, 0.2) is 22.8 Å². The van der Waals surface area contributed by atoms with Crippen LogP contribution in [-0.2, 0) is 0 Å². The van der Waals surface area contributed by atoms with Gasteiger partial charge in [0.15, 0.2) is 0 Å². The lowest BCUT2D eigenvalue weighted by molar-refractivity contribution is 0.311. The second kappa shape index (κ2) is 5.05. The minimum Gasteiger partial charge on any atom is -0.468 e. The summed E-state index contributed by atoms with van der Waals surface area (Å²) >= 11 is 0. The zero-order valence-electron chi connectivity index (χ0n) is 10.6. The summed E-state index contributed by atoms with van der Waals surface area (Å²) in [4.78, 5) is 0. The third kappa shape index (κ3) is 2.32. The fourth-order valence-corrected chi connectivity index (χ4v) is 3.00. The van der Waals surface area contributed by atoms with Gasteiger partial charge >= 0.3 is 0 Å². The maximum Gasteiger partial charge on any atom is 0.120 e.